The molecule has 7 rings (SSSR count). The molecule has 0 atom stereocenters. The smallest absolute Gasteiger partial charge is 0.232 e. The van der Waals surface area contributed by atoms with Gasteiger partial charge in [-0.25, -0.2) is 9.97 Å². The maximum absolute atomic E-state index is 12.6. The number of carbonyl (C=O) groups excluding carboxylic acids is 2. The number of anilines is 2. The molecule has 158 valence electrons. The number of aromatic nitrogens is 2. The molecule has 2 amide bonds. The Morgan fingerprint density at radius 2 is 1.83 bits per heavy atom. The van der Waals surface area contributed by atoms with Crippen molar-refractivity contribution in [1.29, 1.82) is 0 Å². The maximum atomic E-state index is 12.6. The van der Waals surface area contributed by atoms with E-state index in [0.29, 0.717) is 22.4 Å². The van der Waals surface area contributed by atoms with E-state index in [2.05, 4.69) is 15.7 Å². The molecule has 0 spiro atoms. The summed E-state index contributed by atoms with van der Waals surface area (Å²) in [5.41, 5.74) is 2.19. The number of carbonyl (C=O) groups is 2. The van der Waals surface area contributed by atoms with Gasteiger partial charge in [0.1, 0.15) is 0 Å². The minimum Gasteiger partial charge on any atom is -0.302 e. The van der Waals surface area contributed by atoms with E-state index < -0.39 is 0 Å². The molecule has 1 aliphatic heterocycles. The molecule has 2 aromatic rings. The fraction of sp³-hybridized carbons (Fsp3) is 0.636. The molecule has 4 aliphatic carbocycles. The molecular formula is C22H26N4O2S2. The molecule has 0 unspecified atom stereocenters. The summed E-state index contributed by atoms with van der Waals surface area (Å²) in [4.78, 5) is 35.6. The molecule has 5 aliphatic rings. The van der Waals surface area contributed by atoms with E-state index in [9.17, 15) is 9.59 Å². The number of hydrogen-bond acceptors (Lipinski definition) is 6. The first kappa shape index (κ1) is 18.9. The zero-order chi connectivity index (χ0) is 20.3. The summed E-state index contributed by atoms with van der Waals surface area (Å²) in [5, 5.41) is 8.46. The maximum Gasteiger partial charge on any atom is 0.232 e. The number of thiazole rings is 2. The van der Waals surface area contributed by atoms with Crippen molar-refractivity contribution in [2.45, 2.75) is 63.2 Å². The van der Waals surface area contributed by atoms with Crippen molar-refractivity contribution in [3.63, 3.8) is 0 Å². The van der Waals surface area contributed by atoms with E-state index in [0.717, 1.165) is 30.7 Å². The number of nitrogens with zero attached hydrogens (tertiary/aromatic N) is 3. The van der Waals surface area contributed by atoms with Crippen molar-refractivity contribution < 1.29 is 9.59 Å². The molecule has 0 radical (unpaired) electrons. The summed E-state index contributed by atoms with van der Waals surface area (Å²) in [6.45, 7) is 0.726. The Kier molecular flexibility index (Phi) is 4.49. The summed E-state index contributed by atoms with van der Waals surface area (Å²) in [7, 11) is 0. The van der Waals surface area contributed by atoms with Crippen LogP contribution in [0.3, 0.4) is 0 Å². The standard InChI is InChI=1S/C22H26N4O2S2/c27-18(7-16-11-30-21(23-16)26-3-1-2-19(26)28)25-20-24-17(12-29-20)22-8-13-4-14(9-22)6-15(5-13)10-22/h11-15H,1-10H2,(H,24,25,27). The topological polar surface area (TPSA) is 75.2 Å². The highest BCUT2D eigenvalue weighted by Crippen LogP contribution is 2.60. The summed E-state index contributed by atoms with van der Waals surface area (Å²) < 4.78 is 0. The van der Waals surface area contributed by atoms with Gasteiger partial charge in [0.2, 0.25) is 11.8 Å². The Morgan fingerprint density at radius 1 is 1.10 bits per heavy atom. The van der Waals surface area contributed by atoms with E-state index in [-0.39, 0.29) is 23.7 Å². The van der Waals surface area contributed by atoms with E-state index in [4.69, 9.17) is 4.98 Å². The Bertz CT molecular complexity index is 962. The second-order valence-electron chi connectivity index (χ2n) is 9.73. The second kappa shape index (κ2) is 7.12. The highest BCUT2D eigenvalue weighted by molar-refractivity contribution is 7.14. The van der Waals surface area contributed by atoms with Crippen LogP contribution in [-0.4, -0.2) is 28.3 Å². The van der Waals surface area contributed by atoms with Gasteiger partial charge in [-0.05, 0) is 62.7 Å². The highest BCUT2D eigenvalue weighted by atomic mass is 32.1. The van der Waals surface area contributed by atoms with Gasteiger partial charge in [-0.15, -0.1) is 22.7 Å². The van der Waals surface area contributed by atoms with Crippen LogP contribution in [0.1, 0.15) is 62.8 Å². The molecule has 5 fully saturated rings. The predicted molar refractivity (Wildman–Crippen MR) is 118 cm³/mol. The first-order valence-electron chi connectivity index (χ1n) is 11.1. The van der Waals surface area contributed by atoms with Crippen LogP contribution in [0, 0.1) is 17.8 Å². The van der Waals surface area contributed by atoms with Crippen LogP contribution in [-0.2, 0) is 21.4 Å². The third-order valence-corrected chi connectivity index (χ3v) is 9.19. The van der Waals surface area contributed by atoms with Gasteiger partial charge in [0.15, 0.2) is 10.3 Å². The lowest BCUT2D eigenvalue weighted by atomic mass is 9.49. The zero-order valence-corrected chi connectivity index (χ0v) is 18.6. The SMILES string of the molecule is O=C(Cc1csc(N2CCCC2=O)n1)Nc1nc(C23CC4CC(CC(C4)C2)C3)cs1. The van der Waals surface area contributed by atoms with Gasteiger partial charge in [-0.1, -0.05) is 0 Å². The lowest BCUT2D eigenvalue weighted by molar-refractivity contribution is -0.117. The zero-order valence-electron chi connectivity index (χ0n) is 16.9. The Morgan fingerprint density at radius 3 is 2.50 bits per heavy atom. The third kappa shape index (κ3) is 3.28. The molecule has 0 aromatic carbocycles. The van der Waals surface area contributed by atoms with Crippen molar-refractivity contribution in [2.75, 3.05) is 16.8 Å². The Labute approximate surface area is 184 Å². The average Bonchev–Trinajstić information content (AvgIpc) is 3.42. The summed E-state index contributed by atoms with van der Waals surface area (Å²) in [6, 6.07) is 0. The van der Waals surface area contributed by atoms with Crippen molar-refractivity contribution in [2.24, 2.45) is 17.8 Å². The second-order valence-corrected chi connectivity index (χ2v) is 11.4. The molecule has 4 saturated carbocycles. The number of amides is 2. The molecular weight excluding hydrogens is 416 g/mol. The fourth-order valence-electron chi connectivity index (χ4n) is 6.68. The van der Waals surface area contributed by atoms with E-state index in [1.807, 2.05) is 5.38 Å². The predicted octanol–water partition coefficient (Wildman–Crippen LogP) is 4.38. The quantitative estimate of drug-likeness (QED) is 0.746. The number of rotatable bonds is 5. The minimum absolute atomic E-state index is 0.0917. The van der Waals surface area contributed by atoms with Gasteiger partial charge < -0.3 is 5.32 Å². The van der Waals surface area contributed by atoms with Crippen LogP contribution in [0.2, 0.25) is 0 Å². The average molecular weight is 443 g/mol. The largest absolute Gasteiger partial charge is 0.302 e. The Hall–Kier alpha value is -1.80. The fourth-order valence-corrected chi connectivity index (χ4v) is 8.40. The third-order valence-electron chi connectivity index (χ3n) is 7.52. The van der Waals surface area contributed by atoms with Crippen molar-refractivity contribution in [1.82, 2.24) is 9.97 Å². The molecule has 6 nitrogen and oxygen atoms in total. The molecule has 8 heteroatoms. The van der Waals surface area contributed by atoms with Crippen LogP contribution in [0.15, 0.2) is 10.8 Å². The molecule has 3 heterocycles. The van der Waals surface area contributed by atoms with E-state index in [1.165, 1.54) is 55.6 Å². The van der Waals surface area contributed by atoms with Crippen LogP contribution < -0.4 is 10.2 Å². The number of hydrogen-bond donors (Lipinski definition) is 1. The van der Waals surface area contributed by atoms with Crippen LogP contribution in [0.4, 0.5) is 10.3 Å². The molecule has 1 N–H and O–H groups in total. The van der Waals surface area contributed by atoms with Crippen molar-refractivity contribution >= 4 is 44.8 Å². The van der Waals surface area contributed by atoms with Gasteiger partial charge in [0.25, 0.3) is 0 Å². The normalized spacial score (nSPS) is 32.2. The summed E-state index contributed by atoms with van der Waals surface area (Å²) >= 11 is 2.99. The van der Waals surface area contributed by atoms with Crippen LogP contribution in [0.25, 0.3) is 0 Å². The van der Waals surface area contributed by atoms with Gasteiger partial charge in [-0.2, -0.15) is 0 Å². The van der Waals surface area contributed by atoms with E-state index in [1.54, 1.807) is 16.2 Å². The highest BCUT2D eigenvalue weighted by Gasteiger charge is 2.52. The van der Waals surface area contributed by atoms with Gasteiger partial charge in [-0.3, -0.25) is 14.5 Å². The lowest BCUT2D eigenvalue weighted by Gasteiger charge is -2.56. The molecule has 1 saturated heterocycles. The molecule has 2 aromatic heterocycles. The monoisotopic (exact) mass is 442 g/mol. The van der Waals surface area contributed by atoms with Gasteiger partial charge in [0.05, 0.1) is 17.8 Å². The molecule has 4 bridgehead atoms. The first-order chi connectivity index (χ1) is 14.6. The van der Waals surface area contributed by atoms with Gasteiger partial charge in [0, 0.05) is 29.1 Å². The summed E-state index contributed by atoms with van der Waals surface area (Å²) in [5.74, 6) is 2.69. The van der Waals surface area contributed by atoms with E-state index >= 15 is 0 Å². The number of nitrogens with one attached hydrogen (secondary N) is 1. The van der Waals surface area contributed by atoms with Crippen molar-refractivity contribution in [3.05, 3.63) is 22.1 Å². The Balaban J connectivity index is 1.11. The molecule has 30 heavy (non-hydrogen) atoms. The lowest BCUT2D eigenvalue weighted by Crippen LogP contribution is -2.48. The van der Waals surface area contributed by atoms with Crippen LogP contribution >= 0.6 is 22.7 Å². The summed E-state index contributed by atoms with van der Waals surface area (Å²) in [6.07, 6.45) is 9.80. The van der Waals surface area contributed by atoms with Crippen molar-refractivity contribution in [3.8, 4) is 0 Å². The first-order valence-corrected chi connectivity index (χ1v) is 12.8. The van der Waals surface area contributed by atoms with Gasteiger partial charge >= 0.3 is 0 Å². The van der Waals surface area contributed by atoms with Crippen LogP contribution in [0.5, 0.6) is 0 Å². The minimum atomic E-state index is -0.0917.